The minimum Gasteiger partial charge on any atom is -0.489 e. The minimum atomic E-state index is -1.35. The van der Waals surface area contributed by atoms with Gasteiger partial charge in [-0.2, -0.15) is 0 Å². The standard InChI is InChI=1S/C8H13O.CH3.Al.ClH/c1-6-3-4-7(2)8(6)5-9;;;/h7-8H,1,3-5H2,2H3;1H3;;1H/q-1;;+2;/p-1/t7-,8-;;;/m1.../s1. The van der Waals surface area contributed by atoms with E-state index in [-0.39, 0.29) is 0 Å². The van der Waals surface area contributed by atoms with Crippen molar-refractivity contribution in [2.75, 3.05) is 6.61 Å². The van der Waals surface area contributed by atoms with Crippen molar-refractivity contribution in [1.29, 1.82) is 0 Å². The van der Waals surface area contributed by atoms with Gasteiger partial charge in [-0.3, -0.25) is 0 Å². The van der Waals surface area contributed by atoms with Crippen molar-refractivity contribution < 1.29 is 3.79 Å². The molecule has 68 valence electrons. The van der Waals surface area contributed by atoms with Crippen LogP contribution in [0.25, 0.3) is 0 Å². The second-order valence-corrected chi connectivity index (χ2v) is 6.92. The van der Waals surface area contributed by atoms with Crippen LogP contribution in [0.15, 0.2) is 12.2 Å². The summed E-state index contributed by atoms with van der Waals surface area (Å²) in [5.74, 6) is 3.30. The third-order valence-electron chi connectivity index (χ3n) is 2.64. The van der Waals surface area contributed by atoms with E-state index in [4.69, 9.17) is 13.8 Å². The van der Waals surface area contributed by atoms with Crippen LogP contribution in [0.4, 0.5) is 0 Å². The highest BCUT2D eigenvalue weighted by molar-refractivity contribution is 7.02. The van der Waals surface area contributed by atoms with Gasteiger partial charge in [0.05, 0.1) is 0 Å². The Morgan fingerprint density at radius 1 is 1.75 bits per heavy atom. The molecule has 0 aromatic rings. The summed E-state index contributed by atoms with van der Waals surface area (Å²) < 4.78 is 5.51. The molecular weight excluding hydrogens is 187 g/mol. The highest BCUT2D eigenvalue weighted by atomic mass is 35.6. The molecule has 0 unspecified atom stereocenters. The summed E-state index contributed by atoms with van der Waals surface area (Å²) in [6.45, 7) is 7.13. The Kier molecular flexibility index (Phi) is 4.13. The third kappa shape index (κ3) is 2.78. The Hall–Kier alpha value is 0.522. The number of halogens is 1. The van der Waals surface area contributed by atoms with Crippen molar-refractivity contribution in [3.63, 3.8) is 0 Å². The van der Waals surface area contributed by atoms with Crippen LogP contribution in [0.2, 0.25) is 5.79 Å². The number of hydrogen-bond donors (Lipinski definition) is 0. The average Bonchev–Trinajstić information content (AvgIpc) is 2.28. The molecular formula is C9H16AlClO. The first-order valence-corrected chi connectivity index (χ1v) is 7.91. The fourth-order valence-electron chi connectivity index (χ4n) is 1.72. The second kappa shape index (κ2) is 4.67. The monoisotopic (exact) mass is 202 g/mol. The van der Waals surface area contributed by atoms with E-state index in [1.807, 2.05) is 5.79 Å². The van der Waals surface area contributed by atoms with Gasteiger partial charge in [-0.1, -0.05) is 24.9 Å². The smallest absolute Gasteiger partial charge is 0.489 e. The molecule has 0 bridgehead atoms. The Labute approximate surface area is 83.7 Å². The lowest BCUT2D eigenvalue weighted by molar-refractivity contribution is 0.251. The first-order chi connectivity index (χ1) is 5.61. The summed E-state index contributed by atoms with van der Waals surface area (Å²) in [6.07, 6.45) is 2.44. The quantitative estimate of drug-likeness (QED) is 0.505. The number of hydrogen-bond acceptors (Lipinski definition) is 1. The highest BCUT2D eigenvalue weighted by Gasteiger charge is 2.27. The molecule has 0 aliphatic heterocycles. The molecule has 1 rings (SSSR count). The zero-order valence-electron chi connectivity index (χ0n) is 7.85. The largest absolute Gasteiger partial charge is 0.588 e. The molecule has 0 N–H and O–H groups in total. The molecule has 1 nitrogen and oxygen atoms in total. The lowest BCUT2D eigenvalue weighted by Crippen LogP contribution is -2.17. The predicted molar refractivity (Wildman–Crippen MR) is 54.5 cm³/mol. The van der Waals surface area contributed by atoms with Crippen LogP contribution in [0.3, 0.4) is 0 Å². The van der Waals surface area contributed by atoms with Gasteiger partial charge in [-0.05, 0) is 18.8 Å². The molecule has 0 aromatic heterocycles. The fraction of sp³-hybridized carbons (Fsp3) is 0.778. The van der Waals surface area contributed by atoms with Gasteiger partial charge in [-0.25, -0.2) is 10.0 Å². The van der Waals surface area contributed by atoms with Gasteiger partial charge < -0.3 is 3.79 Å². The topological polar surface area (TPSA) is 9.23 Å². The summed E-state index contributed by atoms with van der Waals surface area (Å²) in [6, 6.07) is 0. The van der Waals surface area contributed by atoms with Crippen LogP contribution in [0.5, 0.6) is 0 Å². The lowest BCUT2D eigenvalue weighted by Gasteiger charge is -2.17. The van der Waals surface area contributed by atoms with Crippen molar-refractivity contribution in [1.82, 2.24) is 0 Å². The van der Waals surface area contributed by atoms with Crippen LogP contribution >= 0.6 is 10.0 Å². The SMILES string of the molecule is C=C1CC[C@@H](C)[C@@H]1C[O][Al]([CH3])[Cl]. The molecule has 0 saturated heterocycles. The summed E-state index contributed by atoms with van der Waals surface area (Å²) in [7, 11) is 5.84. The van der Waals surface area contributed by atoms with E-state index in [1.54, 1.807) is 0 Å². The fourth-order valence-corrected chi connectivity index (χ4v) is 2.41. The summed E-state index contributed by atoms with van der Waals surface area (Å²) in [4.78, 5) is 0. The first-order valence-electron chi connectivity index (χ1n) is 4.54. The summed E-state index contributed by atoms with van der Waals surface area (Å²) in [5.41, 5.74) is 1.36. The van der Waals surface area contributed by atoms with Gasteiger partial charge in [0, 0.05) is 12.5 Å². The lowest BCUT2D eigenvalue weighted by atomic mass is 9.97. The van der Waals surface area contributed by atoms with E-state index >= 15 is 0 Å². The zero-order valence-corrected chi connectivity index (χ0v) is 9.76. The summed E-state index contributed by atoms with van der Waals surface area (Å²) >= 11 is -1.35. The van der Waals surface area contributed by atoms with E-state index in [9.17, 15) is 0 Å². The van der Waals surface area contributed by atoms with E-state index < -0.39 is 13.6 Å². The van der Waals surface area contributed by atoms with E-state index in [0.717, 1.165) is 12.5 Å². The van der Waals surface area contributed by atoms with Crippen molar-refractivity contribution in [2.24, 2.45) is 11.8 Å². The molecule has 2 atom stereocenters. The molecule has 0 heterocycles. The van der Waals surface area contributed by atoms with Gasteiger partial charge in [0.2, 0.25) is 0 Å². The molecule has 1 saturated carbocycles. The highest BCUT2D eigenvalue weighted by Crippen LogP contribution is 2.35. The molecule has 0 radical (unpaired) electrons. The Morgan fingerprint density at radius 2 is 2.42 bits per heavy atom. The van der Waals surface area contributed by atoms with E-state index in [2.05, 4.69) is 13.5 Å². The van der Waals surface area contributed by atoms with Crippen molar-refractivity contribution in [3.05, 3.63) is 12.2 Å². The molecule has 1 fully saturated rings. The molecule has 12 heavy (non-hydrogen) atoms. The molecule has 1 aliphatic carbocycles. The van der Waals surface area contributed by atoms with Crippen molar-refractivity contribution in [2.45, 2.75) is 25.6 Å². The third-order valence-corrected chi connectivity index (χ3v) is 3.67. The first kappa shape index (κ1) is 10.6. The van der Waals surface area contributed by atoms with Gasteiger partial charge in [0.1, 0.15) is 0 Å². The van der Waals surface area contributed by atoms with E-state index in [1.165, 1.54) is 18.4 Å². The van der Waals surface area contributed by atoms with E-state index in [0.29, 0.717) is 5.92 Å². The normalized spacial score (nSPS) is 29.4. The van der Waals surface area contributed by atoms with Crippen LogP contribution in [-0.2, 0) is 3.79 Å². The molecule has 0 amide bonds. The predicted octanol–water partition coefficient (Wildman–Crippen LogP) is 2.96. The molecule has 1 aliphatic rings. The minimum absolute atomic E-state index is 0.568. The van der Waals surface area contributed by atoms with Crippen molar-refractivity contribution >= 4 is 23.6 Å². The Balaban J connectivity index is 2.34. The van der Waals surface area contributed by atoms with Crippen LogP contribution < -0.4 is 0 Å². The zero-order chi connectivity index (χ0) is 9.14. The number of rotatable bonds is 3. The van der Waals surface area contributed by atoms with Crippen LogP contribution in [-0.4, -0.2) is 20.2 Å². The average molecular weight is 203 g/mol. The maximum Gasteiger partial charge on any atom is 0.588 e. The van der Waals surface area contributed by atoms with Gasteiger partial charge in [0.25, 0.3) is 0 Å². The van der Waals surface area contributed by atoms with Gasteiger partial charge in [-0.15, -0.1) is 0 Å². The second-order valence-electron chi connectivity index (χ2n) is 3.66. The molecule has 0 aromatic carbocycles. The maximum absolute atomic E-state index is 5.84. The van der Waals surface area contributed by atoms with Crippen LogP contribution in [0.1, 0.15) is 19.8 Å². The Morgan fingerprint density at radius 3 is 2.83 bits per heavy atom. The van der Waals surface area contributed by atoms with Gasteiger partial charge >= 0.3 is 13.6 Å². The maximum atomic E-state index is 5.84. The summed E-state index contributed by atoms with van der Waals surface area (Å²) in [5, 5.41) is 0. The van der Waals surface area contributed by atoms with Gasteiger partial charge in [0.15, 0.2) is 0 Å². The Bertz CT molecular complexity index is 170. The molecule has 3 heteroatoms. The van der Waals surface area contributed by atoms with Crippen LogP contribution in [0, 0.1) is 11.8 Å². The van der Waals surface area contributed by atoms with Crippen molar-refractivity contribution in [3.8, 4) is 0 Å². The molecule has 0 spiro atoms.